The number of rotatable bonds is 7. The molecule has 0 aliphatic heterocycles. The van der Waals surface area contributed by atoms with Crippen LogP contribution < -0.4 is 10.0 Å². The highest BCUT2D eigenvalue weighted by molar-refractivity contribution is 7.94. The summed E-state index contributed by atoms with van der Waals surface area (Å²) in [5.74, 6) is -0.192. The van der Waals surface area contributed by atoms with Crippen LogP contribution in [0.2, 0.25) is 0 Å². The normalized spacial score (nSPS) is 12.4. The Morgan fingerprint density at radius 3 is 2.36 bits per heavy atom. The summed E-state index contributed by atoms with van der Waals surface area (Å²) in [5.41, 5.74) is 3.12. The highest BCUT2D eigenvalue weighted by Gasteiger charge is 2.17. The van der Waals surface area contributed by atoms with Crippen LogP contribution in [0.4, 0.5) is 5.69 Å². The van der Waals surface area contributed by atoms with Crippen molar-refractivity contribution in [3.8, 4) is 0 Å². The van der Waals surface area contributed by atoms with Gasteiger partial charge in [-0.15, -0.1) is 11.3 Å². The highest BCUT2D eigenvalue weighted by atomic mass is 32.2. The Bertz CT molecular complexity index is 1040. The summed E-state index contributed by atoms with van der Waals surface area (Å²) in [5, 5.41) is 4.76. The van der Waals surface area contributed by atoms with Crippen molar-refractivity contribution in [3.63, 3.8) is 0 Å². The fourth-order valence-corrected chi connectivity index (χ4v) is 4.98. The second-order valence-electron chi connectivity index (χ2n) is 6.41. The van der Waals surface area contributed by atoms with Crippen LogP contribution in [0.15, 0.2) is 70.3 Å². The molecule has 0 unspecified atom stereocenters. The first kappa shape index (κ1) is 20.1. The molecule has 1 aromatic heterocycles. The lowest BCUT2D eigenvalue weighted by atomic mass is 9.99. The predicted octanol–water partition coefficient (Wildman–Crippen LogP) is 4.74. The molecule has 2 N–H and O–H groups in total. The third kappa shape index (κ3) is 4.61. The Hall–Kier alpha value is -2.64. The maximum Gasteiger partial charge on any atom is 0.271 e. The third-order valence-corrected chi connectivity index (χ3v) is 7.22. The maximum atomic E-state index is 12.6. The van der Waals surface area contributed by atoms with Gasteiger partial charge < -0.3 is 5.32 Å². The van der Waals surface area contributed by atoms with Crippen molar-refractivity contribution in [1.82, 2.24) is 5.32 Å². The molecule has 0 aliphatic carbocycles. The van der Waals surface area contributed by atoms with Crippen LogP contribution in [0.5, 0.6) is 0 Å². The van der Waals surface area contributed by atoms with E-state index in [0.29, 0.717) is 11.3 Å². The highest BCUT2D eigenvalue weighted by Crippen LogP contribution is 2.22. The summed E-state index contributed by atoms with van der Waals surface area (Å²) in [7, 11) is -3.60. The van der Waals surface area contributed by atoms with E-state index < -0.39 is 10.0 Å². The van der Waals surface area contributed by atoms with Gasteiger partial charge in [0, 0.05) is 11.3 Å². The molecule has 0 saturated carbocycles. The SMILES string of the molecule is CC[C@@H](NC(=O)c1ccc(NS(=O)(=O)c2cccs2)cc1)c1ccccc1C. The van der Waals surface area contributed by atoms with E-state index in [4.69, 9.17) is 0 Å². The Morgan fingerprint density at radius 1 is 1.04 bits per heavy atom. The lowest BCUT2D eigenvalue weighted by molar-refractivity contribution is 0.0935. The topological polar surface area (TPSA) is 75.3 Å². The molecule has 0 fully saturated rings. The summed E-state index contributed by atoms with van der Waals surface area (Å²) in [6.45, 7) is 4.05. The molecule has 1 atom stereocenters. The molecular formula is C21H22N2O3S2. The number of nitrogens with one attached hydrogen (secondary N) is 2. The van der Waals surface area contributed by atoms with Crippen molar-refractivity contribution in [2.75, 3.05) is 4.72 Å². The zero-order valence-electron chi connectivity index (χ0n) is 15.7. The first-order chi connectivity index (χ1) is 13.4. The van der Waals surface area contributed by atoms with Gasteiger partial charge in [-0.3, -0.25) is 9.52 Å². The second-order valence-corrected chi connectivity index (χ2v) is 9.26. The van der Waals surface area contributed by atoms with Crippen molar-refractivity contribution in [1.29, 1.82) is 0 Å². The van der Waals surface area contributed by atoms with Crippen molar-refractivity contribution in [3.05, 3.63) is 82.7 Å². The van der Waals surface area contributed by atoms with Crippen LogP contribution in [-0.4, -0.2) is 14.3 Å². The third-order valence-electron chi connectivity index (χ3n) is 4.44. The molecule has 0 radical (unpaired) electrons. The number of sulfonamides is 1. The molecule has 0 spiro atoms. The van der Waals surface area contributed by atoms with E-state index in [9.17, 15) is 13.2 Å². The van der Waals surface area contributed by atoms with Crippen molar-refractivity contribution >= 4 is 33.0 Å². The van der Waals surface area contributed by atoms with Gasteiger partial charge in [0.2, 0.25) is 0 Å². The molecule has 1 heterocycles. The summed E-state index contributed by atoms with van der Waals surface area (Å²) >= 11 is 1.15. The lowest BCUT2D eigenvalue weighted by Gasteiger charge is -2.19. The molecule has 0 saturated heterocycles. The van der Waals surface area contributed by atoms with Crippen molar-refractivity contribution in [2.45, 2.75) is 30.5 Å². The van der Waals surface area contributed by atoms with E-state index in [-0.39, 0.29) is 16.2 Å². The van der Waals surface area contributed by atoms with Gasteiger partial charge in [-0.25, -0.2) is 8.42 Å². The minimum Gasteiger partial charge on any atom is -0.345 e. The maximum absolute atomic E-state index is 12.6. The lowest BCUT2D eigenvalue weighted by Crippen LogP contribution is -2.28. The minimum absolute atomic E-state index is 0.0780. The Morgan fingerprint density at radius 2 is 1.75 bits per heavy atom. The number of hydrogen-bond acceptors (Lipinski definition) is 4. The summed E-state index contributed by atoms with van der Waals surface area (Å²) in [6.07, 6.45) is 0.773. The number of hydrogen-bond donors (Lipinski definition) is 2. The standard InChI is InChI=1S/C21H22N2O3S2/c1-3-19(18-8-5-4-7-15(18)2)22-21(24)16-10-12-17(13-11-16)23-28(25,26)20-9-6-14-27-20/h4-14,19,23H,3H2,1-2H3,(H,22,24)/t19-/m1/s1. The van der Waals surface area contributed by atoms with Gasteiger partial charge in [0.15, 0.2) is 0 Å². The van der Waals surface area contributed by atoms with Crippen molar-refractivity contribution < 1.29 is 13.2 Å². The number of thiophene rings is 1. The summed E-state index contributed by atoms with van der Waals surface area (Å²) in [4.78, 5) is 12.6. The number of aryl methyl sites for hydroxylation is 1. The summed E-state index contributed by atoms with van der Waals surface area (Å²) < 4.78 is 27.3. The number of amides is 1. The van der Waals surface area contributed by atoms with Gasteiger partial charge in [-0.2, -0.15) is 0 Å². The molecule has 3 rings (SSSR count). The average molecular weight is 415 g/mol. The van der Waals surface area contributed by atoms with Crippen LogP contribution in [0.25, 0.3) is 0 Å². The van der Waals surface area contributed by atoms with E-state index in [2.05, 4.69) is 10.0 Å². The van der Waals surface area contributed by atoms with Gasteiger partial charge in [0.25, 0.3) is 15.9 Å². The summed E-state index contributed by atoms with van der Waals surface area (Å²) in [6, 6.07) is 17.6. The van der Waals surface area contributed by atoms with Crippen molar-refractivity contribution in [2.24, 2.45) is 0 Å². The van der Waals surface area contributed by atoms with Crippen LogP contribution >= 0.6 is 11.3 Å². The molecular weight excluding hydrogens is 392 g/mol. The van der Waals surface area contributed by atoms with E-state index >= 15 is 0 Å². The van der Waals surface area contributed by atoms with Gasteiger partial charge in [0.1, 0.15) is 4.21 Å². The number of anilines is 1. The predicted molar refractivity (Wildman–Crippen MR) is 113 cm³/mol. The largest absolute Gasteiger partial charge is 0.345 e. The van der Waals surface area contributed by atoms with Crippen LogP contribution in [0.1, 0.15) is 40.9 Å². The smallest absolute Gasteiger partial charge is 0.271 e. The Labute approximate surface area is 169 Å². The molecule has 28 heavy (non-hydrogen) atoms. The number of benzene rings is 2. The van der Waals surface area contributed by atoms with Crippen LogP contribution in [0, 0.1) is 6.92 Å². The molecule has 5 nitrogen and oxygen atoms in total. The first-order valence-corrected chi connectivity index (χ1v) is 11.3. The quantitative estimate of drug-likeness (QED) is 0.586. The van der Waals surface area contributed by atoms with E-state index in [0.717, 1.165) is 28.9 Å². The molecule has 7 heteroatoms. The van der Waals surface area contributed by atoms with Crippen LogP contribution in [0.3, 0.4) is 0 Å². The molecule has 2 aromatic carbocycles. The number of carbonyl (C=O) groups is 1. The zero-order chi connectivity index (χ0) is 20.1. The molecule has 146 valence electrons. The van der Waals surface area contributed by atoms with E-state index in [1.54, 1.807) is 41.8 Å². The second kappa shape index (κ2) is 8.58. The zero-order valence-corrected chi connectivity index (χ0v) is 17.3. The fourth-order valence-electron chi connectivity index (χ4n) is 2.93. The monoisotopic (exact) mass is 414 g/mol. The number of carbonyl (C=O) groups excluding carboxylic acids is 1. The molecule has 1 amide bonds. The van der Waals surface area contributed by atoms with Gasteiger partial charge in [-0.05, 0) is 60.2 Å². The van der Waals surface area contributed by atoms with Crippen LogP contribution in [-0.2, 0) is 10.0 Å². The molecule has 0 aliphatic rings. The van der Waals surface area contributed by atoms with Gasteiger partial charge >= 0.3 is 0 Å². The first-order valence-electron chi connectivity index (χ1n) is 8.93. The average Bonchev–Trinajstić information content (AvgIpc) is 3.23. The van der Waals surface area contributed by atoms with E-state index in [1.165, 1.54) is 0 Å². The minimum atomic E-state index is -3.60. The Kier molecular flexibility index (Phi) is 6.16. The Balaban J connectivity index is 1.71. The van der Waals surface area contributed by atoms with Gasteiger partial charge in [-0.1, -0.05) is 37.3 Å². The molecule has 0 bridgehead atoms. The van der Waals surface area contributed by atoms with Gasteiger partial charge in [0.05, 0.1) is 6.04 Å². The fraction of sp³-hybridized carbons (Fsp3) is 0.190. The van der Waals surface area contributed by atoms with E-state index in [1.807, 2.05) is 38.1 Å². The molecule has 3 aromatic rings.